The third-order valence-electron chi connectivity index (χ3n) is 8.34. The molecule has 3 N–H and O–H groups in total. The van der Waals surface area contributed by atoms with E-state index in [2.05, 4.69) is 10.2 Å². The molecule has 0 aromatic heterocycles. The number of carbonyl (C=O) groups is 2. The van der Waals surface area contributed by atoms with Crippen molar-refractivity contribution in [2.75, 3.05) is 6.54 Å². The number of rotatable bonds is 8. The molecule has 2 aromatic rings. The normalized spacial score (nSPS) is 25.4. The van der Waals surface area contributed by atoms with Crippen LogP contribution >= 0.6 is 0 Å². The molecular weight excluding hydrogens is 501 g/mol. The summed E-state index contributed by atoms with van der Waals surface area (Å²) in [6.45, 7) is 1.05. The van der Waals surface area contributed by atoms with Crippen LogP contribution in [0.3, 0.4) is 0 Å². The second kappa shape index (κ2) is 11.8. The molecule has 3 aliphatic rings. The molecule has 3 fully saturated rings. The van der Waals surface area contributed by atoms with Crippen LogP contribution < -0.4 is 11.1 Å². The molecule has 39 heavy (non-hydrogen) atoms. The summed E-state index contributed by atoms with van der Waals surface area (Å²) in [7, 11) is 0. The standard InChI is InChI=1S/C29H36FN5O4/c30-21-5-3-20(4-6-21)29(37)33-16-15-26(17-27(33)28(36)32-23-9-7-22(31)8-10-23)34(24-13-14-24)18-19-1-11-25(12-2-19)35(38)39/h1-6,11-12,22-24,26-27H,7-10,13-18,31H2,(H,32,36)/t22?,23?,26?,27-/m1/s1. The van der Waals surface area contributed by atoms with Gasteiger partial charge >= 0.3 is 0 Å². The zero-order chi connectivity index (χ0) is 27.5. The van der Waals surface area contributed by atoms with E-state index in [0.717, 1.165) is 44.1 Å². The second-order valence-corrected chi connectivity index (χ2v) is 11.1. The second-order valence-electron chi connectivity index (χ2n) is 11.1. The third kappa shape index (κ3) is 6.62. The van der Waals surface area contributed by atoms with E-state index in [-0.39, 0.29) is 35.6 Å². The summed E-state index contributed by atoms with van der Waals surface area (Å²) in [5.74, 6) is -0.837. The molecule has 0 bridgehead atoms. The lowest BCUT2D eigenvalue weighted by Crippen LogP contribution is -2.58. The Kier molecular flexibility index (Phi) is 8.23. The number of non-ortho nitro benzene ring substituents is 1. The largest absolute Gasteiger partial charge is 0.352 e. The predicted octanol–water partition coefficient (Wildman–Crippen LogP) is 3.76. The molecule has 1 heterocycles. The Morgan fingerprint density at radius 3 is 2.26 bits per heavy atom. The molecule has 0 spiro atoms. The first-order valence-corrected chi connectivity index (χ1v) is 13.9. The molecule has 2 aliphatic carbocycles. The molecule has 10 heteroatoms. The molecule has 1 aliphatic heterocycles. The number of amides is 2. The van der Waals surface area contributed by atoms with Crippen LogP contribution in [0.4, 0.5) is 10.1 Å². The molecule has 2 atom stereocenters. The van der Waals surface area contributed by atoms with Crippen molar-refractivity contribution in [3.05, 3.63) is 75.6 Å². The van der Waals surface area contributed by atoms with E-state index in [4.69, 9.17) is 5.73 Å². The number of hydrogen-bond donors (Lipinski definition) is 2. The minimum Gasteiger partial charge on any atom is -0.352 e. The van der Waals surface area contributed by atoms with Crippen LogP contribution in [-0.4, -0.2) is 63.3 Å². The average Bonchev–Trinajstić information content (AvgIpc) is 3.78. The Hall–Kier alpha value is -3.37. The Morgan fingerprint density at radius 2 is 1.64 bits per heavy atom. The maximum absolute atomic E-state index is 13.7. The van der Waals surface area contributed by atoms with E-state index in [1.54, 1.807) is 17.0 Å². The highest BCUT2D eigenvalue weighted by molar-refractivity contribution is 5.97. The van der Waals surface area contributed by atoms with Gasteiger partial charge in [0, 0.05) is 55.0 Å². The van der Waals surface area contributed by atoms with Crippen molar-refractivity contribution < 1.29 is 18.9 Å². The molecule has 9 nitrogen and oxygen atoms in total. The van der Waals surface area contributed by atoms with Crippen LogP contribution in [0.1, 0.15) is 67.3 Å². The van der Waals surface area contributed by atoms with Crippen molar-refractivity contribution in [1.82, 2.24) is 15.1 Å². The number of carbonyl (C=O) groups excluding carboxylic acids is 2. The number of hydrogen-bond acceptors (Lipinski definition) is 6. The zero-order valence-electron chi connectivity index (χ0n) is 22.0. The van der Waals surface area contributed by atoms with Gasteiger partial charge in [-0.3, -0.25) is 24.6 Å². The van der Waals surface area contributed by atoms with Crippen LogP contribution in [0.2, 0.25) is 0 Å². The topological polar surface area (TPSA) is 122 Å². The Balaban J connectivity index is 1.34. The van der Waals surface area contributed by atoms with Crippen molar-refractivity contribution >= 4 is 17.5 Å². The smallest absolute Gasteiger partial charge is 0.269 e. The van der Waals surface area contributed by atoms with Gasteiger partial charge < -0.3 is 16.0 Å². The van der Waals surface area contributed by atoms with Gasteiger partial charge in [0.2, 0.25) is 5.91 Å². The van der Waals surface area contributed by atoms with Gasteiger partial charge in [-0.05, 0) is 81.2 Å². The summed E-state index contributed by atoms with van der Waals surface area (Å²) in [5.41, 5.74) is 7.45. The number of piperidine rings is 1. The summed E-state index contributed by atoms with van der Waals surface area (Å²) in [5, 5.41) is 14.3. The van der Waals surface area contributed by atoms with Gasteiger partial charge in [0.25, 0.3) is 11.6 Å². The monoisotopic (exact) mass is 537 g/mol. The van der Waals surface area contributed by atoms with Gasteiger partial charge in [-0.15, -0.1) is 0 Å². The predicted molar refractivity (Wildman–Crippen MR) is 144 cm³/mol. The molecule has 0 radical (unpaired) electrons. The lowest BCUT2D eigenvalue weighted by molar-refractivity contribution is -0.384. The van der Waals surface area contributed by atoms with Crippen molar-refractivity contribution in [1.29, 1.82) is 0 Å². The molecular formula is C29H36FN5O4. The highest BCUT2D eigenvalue weighted by Gasteiger charge is 2.42. The fourth-order valence-corrected chi connectivity index (χ4v) is 5.96. The maximum atomic E-state index is 13.7. The molecule has 1 unspecified atom stereocenters. The number of likely N-dealkylation sites (tertiary alicyclic amines) is 1. The van der Waals surface area contributed by atoms with Crippen molar-refractivity contribution in [2.24, 2.45) is 5.73 Å². The Labute approximate surface area is 227 Å². The van der Waals surface area contributed by atoms with Crippen LogP contribution in [0.5, 0.6) is 0 Å². The van der Waals surface area contributed by atoms with E-state index >= 15 is 0 Å². The van der Waals surface area contributed by atoms with Gasteiger partial charge in [-0.2, -0.15) is 0 Å². The number of benzene rings is 2. The number of nitro groups is 1. The Bertz CT molecular complexity index is 1180. The number of nitrogens with one attached hydrogen (secondary N) is 1. The zero-order valence-corrected chi connectivity index (χ0v) is 22.0. The molecule has 5 rings (SSSR count). The van der Waals surface area contributed by atoms with Crippen molar-refractivity contribution in [3.8, 4) is 0 Å². The first kappa shape index (κ1) is 27.2. The van der Waals surface area contributed by atoms with Crippen molar-refractivity contribution in [3.63, 3.8) is 0 Å². The van der Waals surface area contributed by atoms with Crippen molar-refractivity contribution in [2.45, 2.75) is 88.1 Å². The fourth-order valence-electron chi connectivity index (χ4n) is 5.96. The number of nitro benzene ring substituents is 1. The number of nitrogens with zero attached hydrogens (tertiary/aromatic N) is 3. The third-order valence-corrected chi connectivity index (χ3v) is 8.34. The minimum atomic E-state index is -0.644. The SMILES string of the molecule is NC1CCC(NC(=O)[C@H]2CC(N(Cc3ccc([N+](=O)[O-])cc3)C3CC3)CCN2C(=O)c2ccc(F)cc2)CC1. The molecule has 2 saturated carbocycles. The van der Waals surface area contributed by atoms with Crippen LogP contribution in [-0.2, 0) is 11.3 Å². The van der Waals surface area contributed by atoms with E-state index in [1.807, 2.05) is 0 Å². The van der Waals surface area contributed by atoms with E-state index in [1.165, 1.54) is 36.4 Å². The van der Waals surface area contributed by atoms with Gasteiger partial charge in [0.15, 0.2) is 0 Å². The summed E-state index contributed by atoms with van der Waals surface area (Å²) < 4.78 is 13.5. The van der Waals surface area contributed by atoms with Gasteiger partial charge in [-0.25, -0.2) is 4.39 Å². The van der Waals surface area contributed by atoms with Crippen LogP contribution in [0, 0.1) is 15.9 Å². The number of halogens is 1. The molecule has 2 amide bonds. The highest BCUT2D eigenvalue weighted by atomic mass is 19.1. The maximum Gasteiger partial charge on any atom is 0.269 e. The van der Waals surface area contributed by atoms with Crippen LogP contribution in [0.25, 0.3) is 0 Å². The first-order chi connectivity index (χ1) is 18.8. The van der Waals surface area contributed by atoms with Gasteiger partial charge in [0.1, 0.15) is 11.9 Å². The molecule has 2 aromatic carbocycles. The highest BCUT2D eigenvalue weighted by Crippen LogP contribution is 2.35. The lowest BCUT2D eigenvalue weighted by atomic mass is 9.90. The summed E-state index contributed by atoms with van der Waals surface area (Å²) in [6.07, 6.45) is 6.71. The Morgan fingerprint density at radius 1 is 0.974 bits per heavy atom. The van der Waals surface area contributed by atoms with Gasteiger partial charge in [0.05, 0.1) is 4.92 Å². The van der Waals surface area contributed by atoms with E-state index in [9.17, 15) is 24.1 Å². The van der Waals surface area contributed by atoms with Crippen LogP contribution in [0.15, 0.2) is 48.5 Å². The summed E-state index contributed by atoms with van der Waals surface area (Å²) in [4.78, 5) is 41.9. The first-order valence-electron chi connectivity index (χ1n) is 13.9. The number of nitrogens with two attached hydrogens (primary N) is 1. The fraction of sp³-hybridized carbons (Fsp3) is 0.517. The minimum absolute atomic E-state index is 0.0418. The lowest BCUT2D eigenvalue weighted by Gasteiger charge is -2.43. The quantitative estimate of drug-likeness (QED) is 0.391. The van der Waals surface area contributed by atoms with Gasteiger partial charge in [-0.1, -0.05) is 12.1 Å². The average molecular weight is 538 g/mol. The van der Waals surface area contributed by atoms with E-state index < -0.39 is 16.8 Å². The molecule has 208 valence electrons. The summed E-state index contributed by atoms with van der Waals surface area (Å²) >= 11 is 0. The van der Waals surface area contributed by atoms with E-state index in [0.29, 0.717) is 37.5 Å². The molecule has 1 saturated heterocycles. The summed E-state index contributed by atoms with van der Waals surface area (Å²) in [6, 6.07) is 12.1.